The fraction of sp³-hybridized carbons (Fsp3) is 0.294. The van der Waals surface area contributed by atoms with Crippen LogP contribution in [0, 0.1) is 13.8 Å². The molecule has 1 aromatic heterocycles. The van der Waals surface area contributed by atoms with Crippen LogP contribution < -0.4 is 21.1 Å². The zero-order valence-corrected chi connectivity index (χ0v) is 14.0. The Kier molecular flexibility index (Phi) is 4.51. The van der Waals surface area contributed by atoms with Crippen molar-refractivity contribution < 1.29 is 9.59 Å². The number of H-pyrrole nitrogens is 1. The summed E-state index contributed by atoms with van der Waals surface area (Å²) in [6.45, 7) is 4.88. The molecule has 2 heterocycles. The molecule has 1 fully saturated rings. The molecule has 1 aliphatic heterocycles. The van der Waals surface area contributed by atoms with E-state index in [1.807, 2.05) is 13.0 Å². The van der Waals surface area contributed by atoms with Gasteiger partial charge in [0.15, 0.2) is 0 Å². The maximum atomic E-state index is 12.4. The summed E-state index contributed by atoms with van der Waals surface area (Å²) in [6, 6.07) is 6.40. The summed E-state index contributed by atoms with van der Waals surface area (Å²) < 4.78 is 0. The maximum Gasteiger partial charge on any atom is 0.322 e. The summed E-state index contributed by atoms with van der Waals surface area (Å²) in [6.07, 6.45) is 0. The van der Waals surface area contributed by atoms with Gasteiger partial charge in [0, 0.05) is 30.4 Å². The van der Waals surface area contributed by atoms with Crippen LogP contribution in [0.25, 0.3) is 0 Å². The third-order valence-corrected chi connectivity index (χ3v) is 3.96. The first-order valence-corrected chi connectivity index (χ1v) is 7.95. The van der Waals surface area contributed by atoms with Crippen molar-refractivity contribution in [3.63, 3.8) is 0 Å². The van der Waals surface area contributed by atoms with Crippen LogP contribution in [0.4, 0.5) is 10.5 Å². The second-order valence-electron chi connectivity index (χ2n) is 5.89. The van der Waals surface area contributed by atoms with E-state index in [4.69, 9.17) is 0 Å². The number of urea groups is 1. The molecule has 2 aromatic rings. The number of nitrogens with one attached hydrogen (secondary N) is 3. The van der Waals surface area contributed by atoms with Crippen molar-refractivity contribution in [2.45, 2.75) is 20.4 Å². The van der Waals surface area contributed by atoms with E-state index in [2.05, 4.69) is 20.6 Å². The molecule has 0 unspecified atom stereocenters. The van der Waals surface area contributed by atoms with Gasteiger partial charge in [-0.25, -0.2) is 9.78 Å². The van der Waals surface area contributed by atoms with E-state index in [0.717, 1.165) is 5.56 Å². The van der Waals surface area contributed by atoms with E-state index in [1.165, 1.54) is 6.07 Å². The predicted octanol–water partition coefficient (Wildman–Crippen LogP) is 0.846. The quantitative estimate of drug-likeness (QED) is 0.766. The highest BCUT2D eigenvalue weighted by atomic mass is 16.2. The van der Waals surface area contributed by atoms with Crippen LogP contribution in [-0.2, 0) is 6.54 Å². The van der Waals surface area contributed by atoms with Gasteiger partial charge in [0.1, 0.15) is 5.82 Å². The molecule has 8 nitrogen and oxygen atoms in total. The molecule has 0 saturated carbocycles. The molecule has 0 spiro atoms. The molecule has 0 atom stereocenters. The molecule has 3 N–H and O–H groups in total. The number of aryl methyl sites for hydroxylation is 2. The lowest BCUT2D eigenvalue weighted by Gasteiger charge is -2.18. The number of carbonyl (C=O) groups is 2. The van der Waals surface area contributed by atoms with Crippen molar-refractivity contribution in [1.29, 1.82) is 0 Å². The molecular formula is C17H19N5O3. The van der Waals surface area contributed by atoms with Crippen molar-refractivity contribution in [1.82, 2.24) is 20.6 Å². The van der Waals surface area contributed by atoms with E-state index in [0.29, 0.717) is 35.9 Å². The zero-order chi connectivity index (χ0) is 18.0. The Morgan fingerprint density at radius 3 is 2.76 bits per heavy atom. The molecule has 1 saturated heterocycles. The highest BCUT2D eigenvalue weighted by molar-refractivity contribution is 5.99. The Morgan fingerprint density at radius 2 is 2.08 bits per heavy atom. The van der Waals surface area contributed by atoms with E-state index < -0.39 is 0 Å². The highest BCUT2D eigenvalue weighted by Crippen LogP contribution is 2.23. The predicted molar refractivity (Wildman–Crippen MR) is 92.7 cm³/mol. The zero-order valence-electron chi connectivity index (χ0n) is 14.0. The fourth-order valence-electron chi connectivity index (χ4n) is 2.75. The van der Waals surface area contributed by atoms with Crippen LogP contribution in [0.5, 0.6) is 0 Å². The lowest BCUT2D eigenvalue weighted by atomic mass is 10.1. The molecular weight excluding hydrogens is 322 g/mol. The fourth-order valence-corrected chi connectivity index (χ4v) is 2.75. The third-order valence-electron chi connectivity index (χ3n) is 3.96. The van der Waals surface area contributed by atoms with Gasteiger partial charge in [-0.2, -0.15) is 0 Å². The molecule has 25 heavy (non-hydrogen) atoms. The van der Waals surface area contributed by atoms with Crippen molar-refractivity contribution in [2.24, 2.45) is 0 Å². The number of aromatic nitrogens is 2. The van der Waals surface area contributed by atoms with Gasteiger partial charge in [0.2, 0.25) is 0 Å². The number of amides is 3. The minimum absolute atomic E-state index is 0.150. The van der Waals surface area contributed by atoms with E-state index in [-0.39, 0.29) is 24.0 Å². The summed E-state index contributed by atoms with van der Waals surface area (Å²) in [5.74, 6) is 0.204. The second kappa shape index (κ2) is 6.76. The van der Waals surface area contributed by atoms with E-state index in [1.54, 1.807) is 24.0 Å². The van der Waals surface area contributed by atoms with Gasteiger partial charge in [-0.1, -0.05) is 6.07 Å². The van der Waals surface area contributed by atoms with Crippen molar-refractivity contribution >= 4 is 17.6 Å². The molecule has 0 radical (unpaired) electrons. The average Bonchev–Trinajstić information content (AvgIpc) is 2.98. The van der Waals surface area contributed by atoms with Crippen LogP contribution in [0.15, 0.2) is 29.1 Å². The van der Waals surface area contributed by atoms with Crippen molar-refractivity contribution in [2.75, 3.05) is 18.0 Å². The molecule has 1 aliphatic rings. The molecule has 3 rings (SSSR count). The van der Waals surface area contributed by atoms with Gasteiger partial charge in [-0.05, 0) is 31.5 Å². The molecule has 0 aliphatic carbocycles. The first-order chi connectivity index (χ1) is 11.9. The van der Waals surface area contributed by atoms with E-state index >= 15 is 0 Å². The van der Waals surface area contributed by atoms with Crippen LogP contribution >= 0.6 is 0 Å². The van der Waals surface area contributed by atoms with Crippen LogP contribution in [0.1, 0.15) is 27.4 Å². The Bertz CT molecular complexity index is 890. The van der Waals surface area contributed by atoms with E-state index in [9.17, 15) is 14.4 Å². The monoisotopic (exact) mass is 341 g/mol. The number of hydrogen-bond acceptors (Lipinski definition) is 4. The summed E-state index contributed by atoms with van der Waals surface area (Å²) in [5, 5.41) is 5.49. The van der Waals surface area contributed by atoms with Gasteiger partial charge in [0.05, 0.1) is 12.2 Å². The van der Waals surface area contributed by atoms with Gasteiger partial charge in [-0.15, -0.1) is 0 Å². The molecule has 8 heteroatoms. The lowest BCUT2D eigenvalue weighted by Crippen LogP contribution is -2.29. The SMILES string of the molecule is Cc1nc(CNC(=O)c2ccc(C)c(N3CCNC3=O)c2)cc(=O)[nH]1. The largest absolute Gasteiger partial charge is 0.346 e. The summed E-state index contributed by atoms with van der Waals surface area (Å²) in [4.78, 5) is 44.0. The van der Waals surface area contributed by atoms with Crippen LogP contribution in [0.3, 0.4) is 0 Å². The maximum absolute atomic E-state index is 12.4. The Morgan fingerprint density at radius 1 is 1.28 bits per heavy atom. The third kappa shape index (κ3) is 3.68. The number of rotatable bonds is 4. The van der Waals surface area contributed by atoms with Crippen molar-refractivity contribution in [3.05, 3.63) is 57.3 Å². The number of nitrogens with zero attached hydrogens (tertiary/aromatic N) is 2. The summed E-state index contributed by atoms with van der Waals surface area (Å²) in [5.41, 5.74) is 2.31. The molecule has 3 amide bonds. The smallest absolute Gasteiger partial charge is 0.322 e. The molecule has 0 bridgehead atoms. The first kappa shape index (κ1) is 16.7. The topological polar surface area (TPSA) is 107 Å². The minimum atomic E-state index is -0.291. The van der Waals surface area contributed by atoms with Crippen molar-refractivity contribution in [3.8, 4) is 0 Å². The van der Waals surface area contributed by atoms with Crippen LogP contribution in [-0.4, -0.2) is 35.0 Å². The Balaban J connectivity index is 1.76. The normalized spacial score (nSPS) is 13.7. The molecule has 1 aromatic carbocycles. The lowest BCUT2D eigenvalue weighted by molar-refractivity contribution is 0.0950. The van der Waals surface area contributed by atoms with Gasteiger partial charge in [-0.3, -0.25) is 14.5 Å². The number of benzene rings is 1. The average molecular weight is 341 g/mol. The molecule has 130 valence electrons. The summed E-state index contributed by atoms with van der Waals surface area (Å²) >= 11 is 0. The Hall–Kier alpha value is -3.16. The van der Waals surface area contributed by atoms with Gasteiger partial charge >= 0.3 is 6.03 Å². The number of aromatic amines is 1. The number of anilines is 1. The number of carbonyl (C=O) groups excluding carboxylic acids is 2. The standard InChI is InChI=1S/C17H19N5O3/c1-10-3-4-12(7-14(10)22-6-5-18-17(22)25)16(24)19-9-13-8-15(23)21-11(2)20-13/h3-4,7-8H,5-6,9H2,1-2H3,(H,18,25)(H,19,24)(H,20,21,23). The van der Waals surface area contributed by atoms with Gasteiger partial charge in [0.25, 0.3) is 11.5 Å². The summed E-state index contributed by atoms with van der Waals surface area (Å²) in [7, 11) is 0. The number of hydrogen-bond donors (Lipinski definition) is 3. The first-order valence-electron chi connectivity index (χ1n) is 7.95. The Labute approximate surface area is 144 Å². The van der Waals surface area contributed by atoms with Crippen LogP contribution in [0.2, 0.25) is 0 Å². The second-order valence-corrected chi connectivity index (χ2v) is 5.89. The highest BCUT2D eigenvalue weighted by Gasteiger charge is 2.23. The minimum Gasteiger partial charge on any atom is -0.346 e. The van der Waals surface area contributed by atoms with Gasteiger partial charge < -0.3 is 15.6 Å².